The van der Waals surface area contributed by atoms with Crippen molar-refractivity contribution in [3.63, 3.8) is 0 Å². The van der Waals surface area contributed by atoms with Gasteiger partial charge in [-0.15, -0.1) is 0 Å². The average molecular weight is 329 g/mol. The third kappa shape index (κ3) is 3.20. The Morgan fingerprint density at radius 3 is 2.61 bits per heavy atom. The quantitative estimate of drug-likeness (QED) is 0.849. The lowest BCUT2D eigenvalue weighted by molar-refractivity contribution is 0.0727. The number of halogens is 1. The van der Waals surface area contributed by atoms with E-state index in [0.717, 1.165) is 30.4 Å². The Morgan fingerprint density at radius 1 is 1.39 bits per heavy atom. The van der Waals surface area contributed by atoms with E-state index in [1.54, 1.807) is 12.1 Å². The molecule has 0 saturated carbocycles. The zero-order valence-corrected chi connectivity index (χ0v) is 12.8. The summed E-state index contributed by atoms with van der Waals surface area (Å²) in [5.74, 6) is 0.0857. The van der Waals surface area contributed by atoms with E-state index in [0.29, 0.717) is 16.5 Å². The molecule has 0 atom stereocenters. The van der Waals surface area contributed by atoms with Gasteiger partial charge in [0.2, 0.25) is 0 Å². The van der Waals surface area contributed by atoms with E-state index in [2.05, 4.69) is 22.2 Å². The Balaban J connectivity index is 2.07. The maximum Gasteiger partial charge on any atom is 0.253 e. The molecule has 98 valence electrons. The molecule has 0 aromatic heterocycles. The molecule has 0 spiro atoms. The second-order valence-corrected chi connectivity index (χ2v) is 6.55. The summed E-state index contributed by atoms with van der Waals surface area (Å²) in [6.07, 6.45) is 4.30. The lowest BCUT2D eigenvalue weighted by Gasteiger charge is -2.31. The largest absolute Gasteiger partial charge is 0.399 e. The highest BCUT2D eigenvalue weighted by Crippen LogP contribution is 2.24. The van der Waals surface area contributed by atoms with Crippen molar-refractivity contribution in [2.24, 2.45) is 0 Å². The van der Waals surface area contributed by atoms with Gasteiger partial charge in [0.1, 0.15) is 0 Å². The number of rotatable bonds is 2. The molecule has 1 aliphatic heterocycles. The first-order valence-corrected chi connectivity index (χ1v) is 8.06. The first-order chi connectivity index (χ1) is 8.60. The van der Waals surface area contributed by atoms with Crippen molar-refractivity contribution in [2.75, 3.05) is 25.1 Å². The van der Waals surface area contributed by atoms with Gasteiger partial charge in [0.05, 0.1) is 0 Å². The summed E-state index contributed by atoms with van der Waals surface area (Å²) < 4.78 is 0.852. The van der Waals surface area contributed by atoms with Crippen LogP contribution in [0, 0.1) is 0 Å². The third-order valence-electron chi connectivity index (χ3n) is 3.23. The van der Waals surface area contributed by atoms with E-state index in [-0.39, 0.29) is 5.91 Å². The van der Waals surface area contributed by atoms with Crippen molar-refractivity contribution in [1.29, 1.82) is 0 Å². The van der Waals surface area contributed by atoms with Crippen molar-refractivity contribution in [2.45, 2.75) is 18.1 Å². The van der Waals surface area contributed by atoms with Crippen molar-refractivity contribution >= 4 is 39.3 Å². The highest BCUT2D eigenvalue weighted by molar-refractivity contribution is 9.10. The van der Waals surface area contributed by atoms with Crippen LogP contribution in [0.15, 0.2) is 22.7 Å². The number of likely N-dealkylation sites (tertiary alicyclic amines) is 1. The van der Waals surface area contributed by atoms with Gasteiger partial charge in [0, 0.05) is 34.1 Å². The summed E-state index contributed by atoms with van der Waals surface area (Å²) >= 11 is 5.27. The molecule has 1 amide bonds. The van der Waals surface area contributed by atoms with Crippen LogP contribution in [0.3, 0.4) is 0 Å². The molecule has 18 heavy (non-hydrogen) atoms. The van der Waals surface area contributed by atoms with Crippen LogP contribution in [-0.4, -0.2) is 35.4 Å². The first-order valence-electron chi connectivity index (χ1n) is 5.98. The average Bonchev–Trinajstić information content (AvgIpc) is 2.37. The number of hydrogen-bond donors (Lipinski definition) is 1. The number of anilines is 1. The molecule has 0 bridgehead atoms. The van der Waals surface area contributed by atoms with Gasteiger partial charge in [0.15, 0.2) is 0 Å². The molecule has 1 fully saturated rings. The van der Waals surface area contributed by atoms with Gasteiger partial charge >= 0.3 is 0 Å². The van der Waals surface area contributed by atoms with Crippen LogP contribution in [0.4, 0.5) is 5.69 Å². The van der Waals surface area contributed by atoms with Crippen molar-refractivity contribution < 1.29 is 4.79 Å². The Labute approximate surface area is 120 Å². The zero-order chi connectivity index (χ0) is 13.1. The summed E-state index contributed by atoms with van der Waals surface area (Å²) in [5.41, 5.74) is 7.05. The molecule has 1 heterocycles. The van der Waals surface area contributed by atoms with E-state index in [4.69, 9.17) is 5.73 Å². The maximum atomic E-state index is 12.3. The van der Waals surface area contributed by atoms with Crippen molar-refractivity contribution in [1.82, 2.24) is 4.90 Å². The number of nitrogen functional groups attached to an aromatic ring is 1. The lowest BCUT2D eigenvalue weighted by atomic mass is 10.1. The number of nitrogens with zero attached hydrogens (tertiary/aromatic N) is 1. The SMILES string of the molecule is CSC1CCN(C(=O)c2cc(N)cc(Br)c2)CC1. The Morgan fingerprint density at radius 2 is 2.06 bits per heavy atom. The smallest absolute Gasteiger partial charge is 0.253 e. The number of amides is 1. The molecule has 0 aliphatic carbocycles. The van der Waals surface area contributed by atoms with E-state index < -0.39 is 0 Å². The van der Waals surface area contributed by atoms with Gasteiger partial charge in [-0.1, -0.05) is 15.9 Å². The second-order valence-electron chi connectivity index (χ2n) is 4.50. The molecule has 0 radical (unpaired) electrons. The van der Waals surface area contributed by atoms with Crippen LogP contribution in [0.25, 0.3) is 0 Å². The van der Waals surface area contributed by atoms with Crippen molar-refractivity contribution in [3.05, 3.63) is 28.2 Å². The minimum absolute atomic E-state index is 0.0857. The summed E-state index contributed by atoms with van der Waals surface area (Å²) in [6.45, 7) is 1.69. The summed E-state index contributed by atoms with van der Waals surface area (Å²) in [4.78, 5) is 14.3. The van der Waals surface area contributed by atoms with Crippen LogP contribution in [0.1, 0.15) is 23.2 Å². The molecule has 2 N–H and O–H groups in total. The summed E-state index contributed by atoms with van der Waals surface area (Å²) in [5, 5.41) is 0.696. The molecule has 3 nitrogen and oxygen atoms in total. The number of hydrogen-bond acceptors (Lipinski definition) is 3. The number of carbonyl (C=O) groups is 1. The van der Waals surface area contributed by atoms with Gasteiger partial charge in [-0.05, 0) is 37.3 Å². The molecule has 0 unspecified atom stereocenters. The number of nitrogens with two attached hydrogens (primary N) is 1. The topological polar surface area (TPSA) is 46.3 Å². The second kappa shape index (κ2) is 5.97. The van der Waals surface area contributed by atoms with Crippen LogP contribution in [0.2, 0.25) is 0 Å². The third-order valence-corrected chi connectivity index (χ3v) is 4.83. The molecular weight excluding hydrogens is 312 g/mol. The monoisotopic (exact) mass is 328 g/mol. The van der Waals surface area contributed by atoms with Gasteiger partial charge < -0.3 is 10.6 Å². The number of thioether (sulfide) groups is 1. The fraction of sp³-hybridized carbons (Fsp3) is 0.462. The van der Waals surface area contributed by atoms with Gasteiger partial charge in [-0.2, -0.15) is 11.8 Å². The van der Waals surface area contributed by atoms with Crippen LogP contribution in [0.5, 0.6) is 0 Å². The molecule has 5 heteroatoms. The van der Waals surface area contributed by atoms with Crippen LogP contribution >= 0.6 is 27.7 Å². The molecule has 1 aliphatic rings. The van der Waals surface area contributed by atoms with Crippen LogP contribution in [-0.2, 0) is 0 Å². The van der Waals surface area contributed by atoms with E-state index >= 15 is 0 Å². The molecule has 1 aromatic carbocycles. The molecule has 1 saturated heterocycles. The molecule has 2 rings (SSSR count). The Bertz CT molecular complexity index is 424. The molecule has 1 aromatic rings. The van der Waals surface area contributed by atoms with Gasteiger partial charge in [-0.3, -0.25) is 4.79 Å². The number of carbonyl (C=O) groups excluding carboxylic acids is 1. The maximum absolute atomic E-state index is 12.3. The summed E-state index contributed by atoms with van der Waals surface area (Å²) in [6, 6.07) is 5.38. The van der Waals surface area contributed by atoms with E-state index in [1.807, 2.05) is 22.7 Å². The predicted octanol–water partition coefficient (Wildman–Crippen LogP) is 3.00. The lowest BCUT2D eigenvalue weighted by Crippen LogP contribution is -2.39. The minimum Gasteiger partial charge on any atom is -0.399 e. The fourth-order valence-corrected chi connectivity index (χ4v) is 3.41. The molecular formula is C13H17BrN2OS. The van der Waals surface area contributed by atoms with Gasteiger partial charge in [-0.25, -0.2) is 0 Å². The number of piperidine rings is 1. The van der Waals surface area contributed by atoms with E-state index in [1.165, 1.54) is 0 Å². The van der Waals surface area contributed by atoms with Crippen LogP contribution < -0.4 is 5.73 Å². The predicted molar refractivity (Wildman–Crippen MR) is 81.0 cm³/mol. The minimum atomic E-state index is 0.0857. The zero-order valence-electron chi connectivity index (χ0n) is 10.4. The Kier molecular flexibility index (Phi) is 4.56. The standard InChI is InChI=1S/C13H17BrN2OS/c1-18-12-2-4-16(5-3-12)13(17)9-6-10(14)8-11(15)7-9/h6-8,12H,2-5,15H2,1H3. The van der Waals surface area contributed by atoms with Crippen molar-refractivity contribution in [3.8, 4) is 0 Å². The first kappa shape index (κ1) is 13.7. The fourth-order valence-electron chi connectivity index (χ4n) is 2.21. The Hall–Kier alpha value is -0.680. The highest BCUT2D eigenvalue weighted by Gasteiger charge is 2.23. The van der Waals surface area contributed by atoms with E-state index in [9.17, 15) is 4.79 Å². The summed E-state index contributed by atoms with van der Waals surface area (Å²) in [7, 11) is 0. The normalized spacial score (nSPS) is 16.9. The number of benzene rings is 1. The van der Waals surface area contributed by atoms with Gasteiger partial charge in [0.25, 0.3) is 5.91 Å². The highest BCUT2D eigenvalue weighted by atomic mass is 79.9.